The maximum absolute atomic E-state index is 5.61. The Morgan fingerprint density at radius 3 is 2.75 bits per heavy atom. The second-order valence-electron chi connectivity index (χ2n) is 2.60. The monoisotopic (exact) mass is 184 g/mol. The molecule has 0 saturated heterocycles. The molecule has 1 rings (SSSR count). The average molecular weight is 185 g/mol. The highest BCUT2D eigenvalue weighted by Crippen LogP contribution is 2.18. The van der Waals surface area contributed by atoms with Crippen LogP contribution in [0.15, 0.2) is 24.3 Å². The van der Waals surface area contributed by atoms with Gasteiger partial charge < -0.3 is 4.74 Å². The molecule has 2 heteroatoms. The lowest BCUT2D eigenvalue weighted by molar-refractivity contribution is 0.409. The molecule has 0 atom stereocenters. The molecule has 0 bridgehead atoms. The van der Waals surface area contributed by atoms with E-state index in [1.807, 2.05) is 18.2 Å². The molecule has 0 amide bonds. The number of halogens is 1. The minimum atomic E-state index is 0.706. The highest BCUT2D eigenvalue weighted by Gasteiger charge is 1.99. The van der Waals surface area contributed by atoms with Gasteiger partial charge in [0.25, 0.3) is 0 Å². The summed E-state index contributed by atoms with van der Waals surface area (Å²) in [7, 11) is 1.69. The Bertz CT molecular complexity index is 235. The topological polar surface area (TPSA) is 9.23 Å². The lowest BCUT2D eigenvalue weighted by Crippen LogP contribution is -1.92. The number of aryl methyl sites for hydroxylation is 1. The highest BCUT2D eigenvalue weighted by atomic mass is 35.5. The molecule has 0 heterocycles. The van der Waals surface area contributed by atoms with E-state index in [1.54, 1.807) is 7.11 Å². The first kappa shape index (κ1) is 9.40. The number of methoxy groups -OCH3 is 1. The Balaban J connectivity index is 2.68. The van der Waals surface area contributed by atoms with Crippen LogP contribution in [-0.2, 0) is 6.42 Å². The molecule has 0 aliphatic heterocycles. The van der Waals surface area contributed by atoms with Gasteiger partial charge in [-0.2, -0.15) is 0 Å². The summed E-state index contributed by atoms with van der Waals surface area (Å²) in [4.78, 5) is 0. The van der Waals surface area contributed by atoms with E-state index >= 15 is 0 Å². The molecule has 0 aromatic heterocycles. The van der Waals surface area contributed by atoms with Gasteiger partial charge in [-0.3, -0.25) is 0 Å². The number of rotatable bonds is 4. The van der Waals surface area contributed by atoms with Crippen molar-refractivity contribution in [1.82, 2.24) is 0 Å². The van der Waals surface area contributed by atoms with Crippen molar-refractivity contribution in [3.63, 3.8) is 0 Å². The van der Waals surface area contributed by atoms with Crippen LogP contribution in [0.4, 0.5) is 0 Å². The van der Waals surface area contributed by atoms with Crippen LogP contribution >= 0.6 is 11.6 Å². The fraction of sp³-hybridized carbons (Fsp3) is 0.400. The highest BCUT2D eigenvalue weighted by molar-refractivity contribution is 6.17. The Labute approximate surface area is 78.3 Å². The summed E-state index contributed by atoms with van der Waals surface area (Å²) in [6.07, 6.45) is 2.00. The summed E-state index contributed by atoms with van der Waals surface area (Å²) >= 11 is 5.61. The van der Waals surface area contributed by atoms with E-state index in [9.17, 15) is 0 Å². The third kappa shape index (κ3) is 2.42. The Kier molecular flexibility index (Phi) is 3.95. The maximum atomic E-state index is 5.61. The van der Waals surface area contributed by atoms with Gasteiger partial charge >= 0.3 is 0 Å². The summed E-state index contributed by atoms with van der Waals surface area (Å²) < 4.78 is 5.20. The minimum absolute atomic E-state index is 0.706. The standard InChI is InChI=1S/C10H13ClO/c1-12-10-7-3-2-5-9(10)6-4-8-11/h2-3,5,7H,4,6,8H2,1H3. The SMILES string of the molecule is COc1ccccc1CCCCl. The molecule has 0 saturated carbocycles. The second kappa shape index (κ2) is 5.04. The van der Waals surface area contributed by atoms with Crippen LogP contribution in [0, 0.1) is 0 Å². The van der Waals surface area contributed by atoms with Crippen molar-refractivity contribution in [2.45, 2.75) is 12.8 Å². The maximum Gasteiger partial charge on any atom is 0.122 e. The van der Waals surface area contributed by atoms with Crippen LogP contribution in [-0.4, -0.2) is 13.0 Å². The Hall–Kier alpha value is -0.690. The molecule has 66 valence electrons. The predicted molar refractivity (Wildman–Crippen MR) is 52.0 cm³/mol. The third-order valence-electron chi connectivity index (χ3n) is 1.77. The van der Waals surface area contributed by atoms with Gasteiger partial charge in [0.15, 0.2) is 0 Å². The van der Waals surface area contributed by atoms with Crippen LogP contribution in [0.1, 0.15) is 12.0 Å². The number of alkyl halides is 1. The second-order valence-corrected chi connectivity index (χ2v) is 2.98. The number of hydrogen-bond acceptors (Lipinski definition) is 1. The van der Waals surface area contributed by atoms with Gasteiger partial charge in [-0.15, -0.1) is 11.6 Å². The van der Waals surface area contributed by atoms with Crippen molar-refractivity contribution in [3.05, 3.63) is 29.8 Å². The van der Waals surface area contributed by atoms with Gasteiger partial charge in [-0.25, -0.2) is 0 Å². The van der Waals surface area contributed by atoms with Crippen molar-refractivity contribution in [3.8, 4) is 5.75 Å². The summed E-state index contributed by atoms with van der Waals surface area (Å²) in [5.41, 5.74) is 1.24. The van der Waals surface area contributed by atoms with E-state index in [0.717, 1.165) is 18.6 Å². The first-order valence-corrected chi connectivity index (χ1v) is 4.60. The summed E-state index contributed by atoms with van der Waals surface area (Å²) in [6.45, 7) is 0. The fourth-order valence-corrected chi connectivity index (χ4v) is 1.30. The molecule has 0 fully saturated rings. The summed E-state index contributed by atoms with van der Waals surface area (Å²) in [6, 6.07) is 8.05. The Morgan fingerprint density at radius 1 is 1.33 bits per heavy atom. The van der Waals surface area contributed by atoms with Gasteiger partial charge in [0, 0.05) is 5.88 Å². The molecule has 1 nitrogen and oxygen atoms in total. The minimum Gasteiger partial charge on any atom is -0.496 e. The van der Waals surface area contributed by atoms with Gasteiger partial charge in [0.2, 0.25) is 0 Å². The van der Waals surface area contributed by atoms with Crippen LogP contribution in [0.5, 0.6) is 5.75 Å². The van der Waals surface area contributed by atoms with E-state index in [2.05, 4.69) is 6.07 Å². The zero-order chi connectivity index (χ0) is 8.81. The van der Waals surface area contributed by atoms with E-state index < -0.39 is 0 Å². The quantitative estimate of drug-likeness (QED) is 0.654. The molecule has 0 aliphatic carbocycles. The van der Waals surface area contributed by atoms with Crippen molar-refractivity contribution < 1.29 is 4.74 Å². The smallest absolute Gasteiger partial charge is 0.122 e. The first-order chi connectivity index (χ1) is 5.88. The zero-order valence-corrected chi connectivity index (χ0v) is 7.97. The molecule has 0 aliphatic rings. The number of para-hydroxylation sites is 1. The molecule has 0 N–H and O–H groups in total. The largest absolute Gasteiger partial charge is 0.496 e. The molecular formula is C10H13ClO. The van der Waals surface area contributed by atoms with E-state index in [0.29, 0.717) is 5.88 Å². The van der Waals surface area contributed by atoms with Crippen molar-refractivity contribution in [2.24, 2.45) is 0 Å². The predicted octanol–water partition coefficient (Wildman–Crippen LogP) is 2.87. The lowest BCUT2D eigenvalue weighted by Gasteiger charge is -2.06. The number of hydrogen-bond donors (Lipinski definition) is 0. The zero-order valence-electron chi connectivity index (χ0n) is 7.22. The molecule has 0 spiro atoms. The van der Waals surface area contributed by atoms with Crippen molar-refractivity contribution in [2.75, 3.05) is 13.0 Å². The fourth-order valence-electron chi connectivity index (χ4n) is 1.17. The van der Waals surface area contributed by atoms with Gasteiger partial charge in [0.05, 0.1) is 7.11 Å². The normalized spacial score (nSPS) is 9.83. The van der Waals surface area contributed by atoms with Gasteiger partial charge in [0.1, 0.15) is 5.75 Å². The molecule has 1 aromatic carbocycles. The molecule has 1 aromatic rings. The summed E-state index contributed by atoms with van der Waals surface area (Å²) in [5.74, 6) is 1.67. The van der Waals surface area contributed by atoms with E-state index in [1.165, 1.54) is 5.56 Å². The number of benzene rings is 1. The van der Waals surface area contributed by atoms with Crippen molar-refractivity contribution in [1.29, 1.82) is 0 Å². The molecule has 12 heavy (non-hydrogen) atoms. The first-order valence-electron chi connectivity index (χ1n) is 4.06. The Morgan fingerprint density at radius 2 is 2.08 bits per heavy atom. The van der Waals surface area contributed by atoms with Crippen LogP contribution in [0.25, 0.3) is 0 Å². The van der Waals surface area contributed by atoms with Crippen LogP contribution in [0.3, 0.4) is 0 Å². The van der Waals surface area contributed by atoms with Gasteiger partial charge in [-0.1, -0.05) is 18.2 Å². The molecule has 0 radical (unpaired) electrons. The summed E-state index contributed by atoms with van der Waals surface area (Å²) in [5, 5.41) is 0. The van der Waals surface area contributed by atoms with Crippen molar-refractivity contribution >= 4 is 11.6 Å². The number of ether oxygens (including phenoxy) is 1. The van der Waals surface area contributed by atoms with Gasteiger partial charge in [-0.05, 0) is 24.5 Å². The molecular weight excluding hydrogens is 172 g/mol. The van der Waals surface area contributed by atoms with E-state index in [-0.39, 0.29) is 0 Å². The average Bonchev–Trinajstić information content (AvgIpc) is 2.15. The lowest BCUT2D eigenvalue weighted by atomic mass is 10.1. The third-order valence-corrected chi connectivity index (χ3v) is 2.04. The molecule has 0 unspecified atom stereocenters. The van der Waals surface area contributed by atoms with Crippen LogP contribution < -0.4 is 4.74 Å². The van der Waals surface area contributed by atoms with E-state index in [4.69, 9.17) is 16.3 Å². The van der Waals surface area contributed by atoms with Crippen LogP contribution in [0.2, 0.25) is 0 Å².